The zero-order chi connectivity index (χ0) is 12.0. The van der Waals surface area contributed by atoms with Gasteiger partial charge in [0, 0.05) is 11.9 Å². The van der Waals surface area contributed by atoms with Gasteiger partial charge in [-0.2, -0.15) is 0 Å². The van der Waals surface area contributed by atoms with E-state index in [1.165, 1.54) is 16.1 Å². The van der Waals surface area contributed by atoms with Crippen LogP contribution < -0.4 is 0 Å². The summed E-state index contributed by atoms with van der Waals surface area (Å²) >= 11 is 6.90. The van der Waals surface area contributed by atoms with Crippen LogP contribution in [0.3, 0.4) is 0 Å². The lowest BCUT2D eigenvalue weighted by atomic mass is 10.4. The fraction of sp³-hybridized carbons (Fsp3) is 0.300. The molecule has 1 rings (SSSR count). The van der Waals surface area contributed by atoms with Gasteiger partial charge in [0.2, 0.25) is 12.0 Å². The molecular formula is C10H14NO2PS2. The number of amides is 1. The number of nitrogens with zero attached hydrogens (tertiary/aromatic N) is 1. The standard InChI is InChI=1S/C10H14NO2PS2/c1-3-13-14(15,11(2)9-12)16-10-7-5-4-6-8-10/h4-9H,3H2,1-2H3. The molecule has 0 aliphatic rings. The van der Waals surface area contributed by atoms with Crippen molar-refractivity contribution in [3.63, 3.8) is 0 Å². The number of hydrogen-bond donors (Lipinski definition) is 0. The molecule has 0 N–H and O–H groups in total. The van der Waals surface area contributed by atoms with Crippen LogP contribution in [-0.2, 0) is 21.1 Å². The molecule has 1 unspecified atom stereocenters. The highest BCUT2D eigenvalue weighted by Gasteiger charge is 2.24. The third kappa shape index (κ3) is 3.59. The first kappa shape index (κ1) is 13.7. The summed E-state index contributed by atoms with van der Waals surface area (Å²) in [4.78, 5) is 11.8. The minimum Gasteiger partial charge on any atom is -0.326 e. The van der Waals surface area contributed by atoms with Crippen molar-refractivity contribution in [3.8, 4) is 0 Å². The van der Waals surface area contributed by atoms with Gasteiger partial charge in [0.1, 0.15) is 0 Å². The molecule has 1 amide bonds. The third-order valence-electron chi connectivity index (χ3n) is 1.80. The van der Waals surface area contributed by atoms with Gasteiger partial charge in [0.25, 0.3) is 0 Å². The van der Waals surface area contributed by atoms with Gasteiger partial charge in [-0.15, -0.1) is 0 Å². The highest BCUT2D eigenvalue weighted by molar-refractivity contribution is 8.68. The van der Waals surface area contributed by atoms with Gasteiger partial charge in [0.15, 0.2) is 0 Å². The normalized spacial score (nSPS) is 14.1. The number of carbonyl (C=O) groups is 1. The summed E-state index contributed by atoms with van der Waals surface area (Å²) in [6, 6.07) is 9.74. The molecule has 0 heterocycles. The maximum Gasteiger partial charge on any atom is 0.219 e. The van der Waals surface area contributed by atoms with Gasteiger partial charge >= 0.3 is 0 Å². The van der Waals surface area contributed by atoms with Crippen LogP contribution in [0, 0.1) is 0 Å². The summed E-state index contributed by atoms with van der Waals surface area (Å²) in [7, 11) is 1.67. The first-order chi connectivity index (χ1) is 7.62. The number of benzene rings is 1. The molecule has 3 nitrogen and oxygen atoms in total. The fourth-order valence-electron chi connectivity index (χ4n) is 1.02. The molecule has 0 aliphatic heterocycles. The molecule has 0 aromatic heterocycles. The Kier molecular flexibility index (Phi) is 5.49. The Morgan fingerprint density at radius 2 is 2.12 bits per heavy atom. The van der Waals surface area contributed by atoms with E-state index in [1.807, 2.05) is 37.3 Å². The van der Waals surface area contributed by atoms with E-state index >= 15 is 0 Å². The van der Waals surface area contributed by atoms with E-state index in [2.05, 4.69) is 0 Å². The van der Waals surface area contributed by atoms with E-state index in [4.69, 9.17) is 16.3 Å². The van der Waals surface area contributed by atoms with Crippen molar-refractivity contribution in [2.75, 3.05) is 13.7 Å². The highest BCUT2D eigenvalue weighted by atomic mass is 32.9. The molecule has 0 aliphatic carbocycles. The summed E-state index contributed by atoms with van der Waals surface area (Å²) in [6.45, 7) is 2.39. The summed E-state index contributed by atoms with van der Waals surface area (Å²) in [5, 5.41) is 0. The van der Waals surface area contributed by atoms with Crippen LogP contribution >= 0.6 is 17.0 Å². The van der Waals surface area contributed by atoms with Crippen LogP contribution in [0.1, 0.15) is 6.92 Å². The van der Waals surface area contributed by atoms with E-state index in [0.29, 0.717) is 6.61 Å². The summed E-state index contributed by atoms with van der Waals surface area (Å²) in [5.41, 5.74) is -2.32. The van der Waals surface area contributed by atoms with E-state index in [9.17, 15) is 4.79 Å². The van der Waals surface area contributed by atoms with Crippen molar-refractivity contribution in [1.29, 1.82) is 0 Å². The zero-order valence-corrected chi connectivity index (χ0v) is 11.7. The van der Waals surface area contributed by atoms with Crippen molar-refractivity contribution in [2.45, 2.75) is 11.8 Å². The Balaban J connectivity index is 2.87. The number of hydrogen-bond acceptors (Lipinski definition) is 4. The Labute approximate surface area is 105 Å². The SMILES string of the molecule is CCOP(=S)(Sc1ccccc1)N(C)C=O. The third-order valence-corrected chi connectivity index (χ3v) is 8.13. The topological polar surface area (TPSA) is 29.5 Å². The van der Waals surface area contributed by atoms with Gasteiger partial charge in [0.05, 0.1) is 6.61 Å². The Morgan fingerprint density at radius 3 is 2.62 bits per heavy atom. The average Bonchev–Trinajstić information content (AvgIpc) is 2.29. The second-order valence-electron chi connectivity index (χ2n) is 2.97. The van der Waals surface area contributed by atoms with Crippen LogP contribution in [0.2, 0.25) is 0 Å². The second-order valence-corrected chi connectivity index (χ2v) is 9.66. The molecule has 0 radical (unpaired) electrons. The summed E-state index contributed by atoms with van der Waals surface area (Å²) in [6.07, 6.45) is 0.729. The minimum atomic E-state index is -2.32. The van der Waals surface area contributed by atoms with Crippen LogP contribution in [0.25, 0.3) is 0 Å². The maximum atomic E-state index is 10.8. The quantitative estimate of drug-likeness (QED) is 0.589. The fourth-order valence-corrected chi connectivity index (χ4v) is 5.71. The molecule has 1 atom stereocenters. The van der Waals surface area contributed by atoms with Gasteiger partial charge < -0.3 is 4.52 Å². The smallest absolute Gasteiger partial charge is 0.219 e. The van der Waals surface area contributed by atoms with E-state index < -0.39 is 5.62 Å². The van der Waals surface area contributed by atoms with Crippen LogP contribution in [-0.4, -0.2) is 24.7 Å². The molecule has 88 valence electrons. The predicted molar refractivity (Wildman–Crippen MR) is 72.0 cm³/mol. The van der Waals surface area contributed by atoms with E-state index in [1.54, 1.807) is 7.05 Å². The molecule has 0 bridgehead atoms. The van der Waals surface area contributed by atoms with E-state index in [-0.39, 0.29) is 0 Å². The van der Waals surface area contributed by atoms with Crippen molar-refractivity contribution in [2.24, 2.45) is 0 Å². The van der Waals surface area contributed by atoms with Gasteiger partial charge in [-0.25, -0.2) is 0 Å². The van der Waals surface area contributed by atoms with E-state index in [0.717, 1.165) is 11.3 Å². The summed E-state index contributed by atoms with van der Waals surface area (Å²) < 4.78 is 7.03. The van der Waals surface area contributed by atoms with Crippen molar-refractivity contribution in [3.05, 3.63) is 30.3 Å². The molecule has 0 saturated heterocycles. The largest absolute Gasteiger partial charge is 0.326 e. The lowest BCUT2D eigenvalue weighted by Gasteiger charge is -2.27. The zero-order valence-electron chi connectivity index (χ0n) is 9.20. The first-order valence-corrected chi connectivity index (χ1v) is 8.89. The second kappa shape index (κ2) is 6.40. The molecule has 0 saturated carbocycles. The van der Waals surface area contributed by atoms with Crippen LogP contribution in [0.4, 0.5) is 0 Å². The van der Waals surface area contributed by atoms with Crippen molar-refractivity contribution in [1.82, 2.24) is 4.67 Å². The minimum absolute atomic E-state index is 0.509. The number of carbonyl (C=O) groups excluding carboxylic acids is 1. The Bertz CT molecular complexity index is 386. The van der Waals surface area contributed by atoms with Gasteiger partial charge in [-0.3, -0.25) is 9.46 Å². The first-order valence-electron chi connectivity index (χ1n) is 4.80. The monoisotopic (exact) mass is 275 g/mol. The maximum absolute atomic E-state index is 10.8. The van der Waals surface area contributed by atoms with Crippen molar-refractivity contribution < 1.29 is 9.32 Å². The molecule has 0 spiro atoms. The highest BCUT2D eigenvalue weighted by Crippen LogP contribution is 2.64. The Morgan fingerprint density at radius 1 is 1.50 bits per heavy atom. The lowest BCUT2D eigenvalue weighted by molar-refractivity contribution is -0.113. The van der Waals surface area contributed by atoms with Crippen LogP contribution in [0.15, 0.2) is 35.2 Å². The molecular weight excluding hydrogens is 261 g/mol. The Hall–Kier alpha value is -0.350. The molecule has 16 heavy (non-hydrogen) atoms. The van der Waals surface area contributed by atoms with Crippen molar-refractivity contribution >= 4 is 35.2 Å². The molecule has 1 aromatic rings. The number of rotatable bonds is 6. The molecule has 1 aromatic carbocycles. The predicted octanol–water partition coefficient (Wildman–Crippen LogP) is 3.13. The average molecular weight is 275 g/mol. The molecule has 0 fully saturated rings. The molecule has 6 heteroatoms. The van der Waals surface area contributed by atoms with Crippen LogP contribution in [0.5, 0.6) is 0 Å². The van der Waals surface area contributed by atoms with Gasteiger partial charge in [-0.1, -0.05) is 18.2 Å². The summed E-state index contributed by atoms with van der Waals surface area (Å²) in [5.74, 6) is 0. The van der Waals surface area contributed by atoms with Gasteiger partial charge in [-0.05, 0) is 42.2 Å². The lowest BCUT2D eigenvalue weighted by Crippen LogP contribution is -2.12.